The highest BCUT2D eigenvalue weighted by Gasteiger charge is 2.23. The van der Waals surface area contributed by atoms with E-state index in [-0.39, 0.29) is 11.8 Å². The van der Waals surface area contributed by atoms with Crippen molar-refractivity contribution < 1.29 is 9.53 Å². The van der Waals surface area contributed by atoms with Gasteiger partial charge in [-0.2, -0.15) is 5.10 Å². The topological polar surface area (TPSA) is 56.2 Å². The molecule has 138 valence electrons. The fraction of sp³-hybridized carbons (Fsp3) is 0.273. The highest BCUT2D eigenvalue weighted by Crippen LogP contribution is 2.26. The number of hydrogen-bond donors (Lipinski definition) is 1. The number of nitrogens with zero attached hydrogens (tertiary/aromatic N) is 2. The third-order valence-electron chi connectivity index (χ3n) is 4.87. The van der Waals surface area contributed by atoms with Crippen LogP contribution in [0, 0.1) is 5.92 Å². The Hall–Kier alpha value is -3.08. The normalized spacial score (nSPS) is 16.1. The predicted octanol–water partition coefficient (Wildman–Crippen LogP) is 3.19. The molecular formula is C22H23N3O2. The van der Waals surface area contributed by atoms with Gasteiger partial charge in [-0.15, -0.1) is 0 Å². The van der Waals surface area contributed by atoms with Gasteiger partial charge in [-0.05, 0) is 30.0 Å². The van der Waals surface area contributed by atoms with Crippen molar-refractivity contribution >= 4 is 5.91 Å². The number of benzene rings is 2. The van der Waals surface area contributed by atoms with E-state index in [2.05, 4.69) is 22.5 Å². The van der Waals surface area contributed by atoms with E-state index >= 15 is 0 Å². The Morgan fingerprint density at radius 1 is 1.11 bits per heavy atom. The lowest BCUT2D eigenvalue weighted by Gasteiger charge is -2.13. The first kappa shape index (κ1) is 17.3. The minimum atomic E-state index is -0.0620. The summed E-state index contributed by atoms with van der Waals surface area (Å²) in [5, 5.41) is 7.45. The van der Waals surface area contributed by atoms with Crippen LogP contribution >= 0.6 is 0 Å². The summed E-state index contributed by atoms with van der Waals surface area (Å²) in [4.78, 5) is 12.6. The number of carbonyl (C=O) groups is 1. The van der Waals surface area contributed by atoms with Crippen LogP contribution in [0.5, 0.6) is 5.75 Å². The SMILES string of the molecule is O=C(NCc1cnn(Cc2ccccc2)c1)[C@@H]1CCOc2ccccc2C1. The molecule has 5 heteroatoms. The summed E-state index contributed by atoms with van der Waals surface area (Å²) < 4.78 is 7.65. The fourth-order valence-corrected chi connectivity index (χ4v) is 3.40. The minimum Gasteiger partial charge on any atom is -0.493 e. The van der Waals surface area contributed by atoms with Gasteiger partial charge in [0.05, 0.1) is 19.3 Å². The zero-order valence-electron chi connectivity index (χ0n) is 15.2. The molecule has 1 aromatic heterocycles. The first-order valence-corrected chi connectivity index (χ1v) is 9.31. The van der Waals surface area contributed by atoms with Crippen LogP contribution in [0.15, 0.2) is 67.0 Å². The van der Waals surface area contributed by atoms with Crippen LogP contribution in [0.2, 0.25) is 0 Å². The van der Waals surface area contributed by atoms with Crippen LogP contribution in [-0.4, -0.2) is 22.3 Å². The van der Waals surface area contributed by atoms with Gasteiger partial charge in [-0.25, -0.2) is 0 Å². The molecule has 3 aromatic rings. The summed E-state index contributed by atoms with van der Waals surface area (Å²) in [6, 6.07) is 18.2. The molecule has 1 N–H and O–H groups in total. The lowest BCUT2D eigenvalue weighted by atomic mass is 9.96. The number of para-hydroxylation sites is 1. The third kappa shape index (κ3) is 4.37. The number of amides is 1. The van der Waals surface area contributed by atoms with Crippen LogP contribution < -0.4 is 10.1 Å². The molecule has 0 saturated carbocycles. The van der Waals surface area contributed by atoms with Gasteiger partial charge in [0.25, 0.3) is 0 Å². The summed E-state index contributed by atoms with van der Waals surface area (Å²) in [6.45, 7) is 1.79. The van der Waals surface area contributed by atoms with E-state index in [0.29, 0.717) is 13.2 Å². The van der Waals surface area contributed by atoms with E-state index < -0.39 is 0 Å². The molecule has 5 nitrogen and oxygen atoms in total. The van der Waals surface area contributed by atoms with Crippen molar-refractivity contribution in [1.82, 2.24) is 15.1 Å². The number of hydrogen-bond acceptors (Lipinski definition) is 3. The molecule has 4 rings (SSSR count). The number of fused-ring (bicyclic) bond motifs is 1. The molecule has 0 radical (unpaired) electrons. The molecular weight excluding hydrogens is 338 g/mol. The summed E-state index contributed by atoms with van der Waals surface area (Å²) in [6.07, 6.45) is 5.25. The molecule has 0 fully saturated rings. The number of ether oxygens (including phenoxy) is 1. The lowest BCUT2D eigenvalue weighted by molar-refractivity contribution is -0.125. The standard InChI is InChI=1S/C22H23N3O2/c26-22(20-10-11-27-21-9-5-4-8-19(21)12-20)23-13-18-14-24-25(16-18)15-17-6-2-1-3-7-17/h1-9,14,16,20H,10-13,15H2,(H,23,26)/t20-/m1/s1. The summed E-state index contributed by atoms with van der Waals surface area (Å²) in [7, 11) is 0. The van der Waals surface area contributed by atoms with Gasteiger partial charge in [0.2, 0.25) is 5.91 Å². The van der Waals surface area contributed by atoms with Crippen molar-refractivity contribution in [3.8, 4) is 5.75 Å². The first-order valence-electron chi connectivity index (χ1n) is 9.31. The zero-order valence-corrected chi connectivity index (χ0v) is 15.2. The molecule has 0 saturated heterocycles. The molecule has 0 spiro atoms. The maximum Gasteiger partial charge on any atom is 0.223 e. The fourth-order valence-electron chi connectivity index (χ4n) is 3.40. The smallest absolute Gasteiger partial charge is 0.223 e. The Bertz CT molecular complexity index is 905. The molecule has 2 heterocycles. The maximum atomic E-state index is 12.6. The Morgan fingerprint density at radius 2 is 1.93 bits per heavy atom. The molecule has 0 aliphatic carbocycles. The second-order valence-corrected chi connectivity index (χ2v) is 6.90. The van der Waals surface area contributed by atoms with Crippen molar-refractivity contribution in [3.05, 3.63) is 83.7 Å². The average Bonchev–Trinajstić information content (AvgIpc) is 3.02. The Morgan fingerprint density at radius 3 is 2.81 bits per heavy atom. The van der Waals surface area contributed by atoms with E-state index in [0.717, 1.165) is 36.3 Å². The Kier molecular flexibility index (Phi) is 5.19. The second kappa shape index (κ2) is 8.08. The number of aromatic nitrogens is 2. The van der Waals surface area contributed by atoms with Crippen molar-refractivity contribution in [3.63, 3.8) is 0 Å². The second-order valence-electron chi connectivity index (χ2n) is 6.90. The summed E-state index contributed by atoms with van der Waals surface area (Å²) in [5.41, 5.74) is 3.31. The van der Waals surface area contributed by atoms with Crippen LogP contribution in [-0.2, 0) is 24.3 Å². The summed E-state index contributed by atoms with van der Waals surface area (Å²) >= 11 is 0. The van der Waals surface area contributed by atoms with Gasteiger partial charge < -0.3 is 10.1 Å². The maximum absolute atomic E-state index is 12.6. The molecule has 1 aliphatic heterocycles. The minimum absolute atomic E-state index is 0.0620. The van der Waals surface area contributed by atoms with Crippen LogP contribution in [0.1, 0.15) is 23.1 Å². The predicted molar refractivity (Wildman–Crippen MR) is 103 cm³/mol. The Labute approximate surface area is 159 Å². The molecule has 1 atom stereocenters. The van der Waals surface area contributed by atoms with E-state index in [9.17, 15) is 4.79 Å². The molecule has 1 aliphatic rings. The highest BCUT2D eigenvalue weighted by molar-refractivity contribution is 5.79. The van der Waals surface area contributed by atoms with Crippen molar-refractivity contribution in [2.75, 3.05) is 6.61 Å². The quantitative estimate of drug-likeness (QED) is 0.759. The molecule has 0 bridgehead atoms. The van der Waals surface area contributed by atoms with Gasteiger partial charge in [-0.1, -0.05) is 48.5 Å². The zero-order chi connectivity index (χ0) is 18.5. The van der Waals surface area contributed by atoms with E-state index in [1.54, 1.807) is 0 Å². The summed E-state index contributed by atoms with van der Waals surface area (Å²) in [5.74, 6) is 0.911. The molecule has 1 amide bonds. The monoisotopic (exact) mass is 361 g/mol. The molecule has 27 heavy (non-hydrogen) atoms. The third-order valence-corrected chi connectivity index (χ3v) is 4.87. The highest BCUT2D eigenvalue weighted by atomic mass is 16.5. The average molecular weight is 361 g/mol. The van der Waals surface area contributed by atoms with E-state index in [4.69, 9.17) is 4.74 Å². The van der Waals surface area contributed by atoms with Crippen LogP contribution in [0.4, 0.5) is 0 Å². The first-order chi connectivity index (χ1) is 13.3. The Balaban J connectivity index is 1.33. The van der Waals surface area contributed by atoms with Gasteiger partial charge in [0, 0.05) is 24.2 Å². The number of rotatable bonds is 5. The number of carbonyl (C=O) groups excluding carboxylic acids is 1. The van der Waals surface area contributed by atoms with E-state index in [1.807, 2.05) is 59.5 Å². The molecule has 0 unspecified atom stereocenters. The molecule has 2 aromatic carbocycles. The van der Waals surface area contributed by atoms with Gasteiger partial charge in [0.1, 0.15) is 5.75 Å². The van der Waals surface area contributed by atoms with Gasteiger partial charge in [0.15, 0.2) is 0 Å². The van der Waals surface area contributed by atoms with Gasteiger partial charge >= 0.3 is 0 Å². The number of nitrogens with one attached hydrogen (secondary N) is 1. The van der Waals surface area contributed by atoms with Crippen molar-refractivity contribution in [2.24, 2.45) is 5.92 Å². The largest absolute Gasteiger partial charge is 0.493 e. The van der Waals surface area contributed by atoms with Crippen molar-refractivity contribution in [2.45, 2.75) is 25.9 Å². The lowest BCUT2D eigenvalue weighted by Crippen LogP contribution is -2.31. The van der Waals surface area contributed by atoms with Crippen LogP contribution in [0.25, 0.3) is 0 Å². The van der Waals surface area contributed by atoms with Crippen LogP contribution in [0.3, 0.4) is 0 Å². The van der Waals surface area contributed by atoms with E-state index in [1.165, 1.54) is 5.56 Å². The van der Waals surface area contributed by atoms with Gasteiger partial charge in [-0.3, -0.25) is 9.48 Å². The van der Waals surface area contributed by atoms with Crippen molar-refractivity contribution in [1.29, 1.82) is 0 Å².